The maximum Gasteiger partial charge on any atom is 0.241 e. The summed E-state index contributed by atoms with van der Waals surface area (Å²) in [4.78, 5) is 7.08. The molecule has 0 aliphatic heterocycles. The lowest BCUT2D eigenvalue weighted by Gasteiger charge is -2.12. The van der Waals surface area contributed by atoms with Crippen LogP contribution in [0.1, 0.15) is 17.0 Å². The minimum absolute atomic E-state index is 0.124. The van der Waals surface area contributed by atoms with E-state index in [1.54, 1.807) is 38.4 Å². The van der Waals surface area contributed by atoms with Gasteiger partial charge in [0.05, 0.1) is 11.4 Å². The molecule has 0 aliphatic rings. The molecular weight excluding hydrogens is 264 g/mol. The Kier molecular flexibility index (Phi) is 3.59. The van der Waals surface area contributed by atoms with Gasteiger partial charge in [-0.1, -0.05) is 0 Å². The van der Waals surface area contributed by atoms with Gasteiger partial charge in [0.25, 0.3) is 0 Å². The second-order valence-electron chi connectivity index (χ2n) is 4.34. The summed E-state index contributed by atoms with van der Waals surface area (Å²) in [6.45, 7) is 3.58. The van der Waals surface area contributed by atoms with E-state index in [1.807, 2.05) is 0 Å². The third-order valence-corrected chi connectivity index (χ3v) is 4.44. The average molecular weight is 280 g/mol. The number of aryl methyl sites for hydroxylation is 2. The summed E-state index contributed by atoms with van der Waals surface area (Å²) in [5, 5.41) is 0. The normalized spacial score (nSPS) is 11.7. The number of rotatable bonds is 4. The van der Waals surface area contributed by atoms with Crippen LogP contribution in [-0.4, -0.2) is 18.4 Å². The molecule has 6 nitrogen and oxygen atoms in total. The third kappa shape index (κ3) is 2.94. The van der Waals surface area contributed by atoms with Crippen molar-refractivity contribution in [3.63, 3.8) is 0 Å². The number of sulfonamides is 1. The minimum atomic E-state index is -3.58. The molecule has 0 saturated carbocycles. The number of nitrogens with zero attached hydrogens (tertiary/aromatic N) is 1. The number of aromatic amines is 1. The highest BCUT2D eigenvalue weighted by molar-refractivity contribution is 7.89. The molecule has 0 spiro atoms. The molecule has 0 atom stereocenters. The Balaban J connectivity index is 2.29. The Hall–Kier alpha value is -1.86. The first-order chi connectivity index (χ1) is 8.90. The number of imidazole rings is 1. The van der Waals surface area contributed by atoms with Gasteiger partial charge in [-0.05, 0) is 37.1 Å². The van der Waals surface area contributed by atoms with Crippen LogP contribution in [0.5, 0.6) is 0 Å². The number of H-pyrrole nitrogens is 1. The van der Waals surface area contributed by atoms with Crippen LogP contribution in [0, 0.1) is 13.8 Å². The van der Waals surface area contributed by atoms with E-state index in [9.17, 15) is 8.42 Å². The number of hydrogen-bond acceptors (Lipinski definition) is 4. The van der Waals surface area contributed by atoms with E-state index in [-0.39, 0.29) is 11.4 Å². The molecule has 0 amide bonds. The van der Waals surface area contributed by atoms with E-state index in [1.165, 1.54) is 0 Å². The van der Waals surface area contributed by atoms with Crippen molar-refractivity contribution in [3.05, 3.63) is 41.5 Å². The van der Waals surface area contributed by atoms with Gasteiger partial charge < -0.3 is 10.7 Å². The third-order valence-electron chi connectivity index (χ3n) is 2.74. The lowest BCUT2D eigenvalue weighted by Crippen LogP contribution is -2.25. The summed E-state index contributed by atoms with van der Waals surface area (Å²) in [7, 11) is -3.58. The largest absolute Gasteiger partial charge is 0.399 e. The summed E-state index contributed by atoms with van der Waals surface area (Å²) < 4.78 is 27.1. The number of nitrogen functional groups attached to an aromatic ring is 1. The van der Waals surface area contributed by atoms with Gasteiger partial charge in [0.15, 0.2) is 0 Å². The number of benzene rings is 1. The van der Waals surface area contributed by atoms with Crippen molar-refractivity contribution >= 4 is 15.7 Å². The molecule has 0 bridgehead atoms. The van der Waals surface area contributed by atoms with Gasteiger partial charge in [-0.25, -0.2) is 18.1 Å². The van der Waals surface area contributed by atoms with Crippen molar-refractivity contribution in [1.82, 2.24) is 14.7 Å². The predicted molar refractivity (Wildman–Crippen MR) is 72.9 cm³/mol. The maximum absolute atomic E-state index is 12.3. The highest BCUT2D eigenvalue weighted by Gasteiger charge is 2.19. The van der Waals surface area contributed by atoms with Crippen LogP contribution < -0.4 is 10.5 Å². The van der Waals surface area contributed by atoms with Crippen LogP contribution in [0.4, 0.5) is 5.69 Å². The Bertz CT molecular complexity index is 655. The number of anilines is 1. The van der Waals surface area contributed by atoms with Crippen molar-refractivity contribution in [2.24, 2.45) is 0 Å². The topological polar surface area (TPSA) is 101 Å². The number of hydrogen-bond donors (Lipinski definition) is 3. The molecule has 1 aromatic heterocycles. The van der Waals surface area contributed by atoms with Crippen molar-refractivity contribution < 1.29 is 8.42 Å². The molecule has 4 N–H and O–H groups in total. The van der Waals surface area contributed by atoms with Gasteiger partial charge in [0, 0.05) is 18.1 Å². The molecule has 0 fully saturated rings. The summed E-state index contributed by atoms with van der Waals surface area (Å²) in [6.07, 6.45) is 3.21. The van der Waals surface area contributed by atoms with Gasteiger partial charge in [-0.3, -0.25) is 0 Å². The monoisotopic (exact) mass is 280 g/mol. The lowest BCUT2D eigenvalue weighted by atomic mass is 10.1. The number of nitrogens with two attached hydrogens (primary N) is 1. The summed E-state index contributed by atoms with van der Waals surface area (Å²) in [5.74, 6) is 0.564. The molecule has 0 saturated heterocycles. The fraction of sp³-hybridized carbons (Fsp3) is 0.250. The lowest BCUT2D eigenvalue weighted by molar-refractivity contribution is 0.578. The molecule has 0 radical (unpaired) electrons. The summed E-state index contributed by atoms with van der Waals surface area (Å²) in [5.41, 5.74) is 7.51. The van der Waals surface area contributed by atoms with E-state index >= 15 is 0 Å². The van der Waals surface area contributed by atoms with Crippen LogP contribution in [0.15, 0.2) is 29.4 Å². The summed E-state index contributed by atoms with van der Waals surface area (Å²) >= 11 is 0. The second-order valence-corrected chi connectivity index (χ2v) is 6.05. The van der Waals surface area contributed by atoms with Crippen molar-refractivity contribution in [1.29, 1.82) is 0 Å². The molecule has 1 heterocycles. The van der Waals surface area contributed by atoms with Gasteiger partial charge >= 0.3 is 0 Å². The molecule has 7 heteroatoms. The fourth-order valence-electron chi connectivity index (χ4n) is 2.04. The highest BCUT2D eigenvalue weighted by atomic mass is 32.2. The van der Waals surface area contributed by atoms with E-state index in [4.69, 9.17) is 5.73 Å². The fourth-order valence-corrected chi connectivity index (χ4v) is 3.47. The molecular formula is C12H16N4O2S. The van der Waals surface area contributed by atoms with Crippen molar-refractivity contribution in [3.8, 4) is 0 Å². The zero-order chi connectivity index (χ0) is 14.0. The Morgan fingerprint density at radius 3 is 2.47 bits per heavy atom. The average Bonchev–Trinajstić information content (AvgIpc) is 2.77. The first-order valence-corrected chi connectivity index (χ1v) is 7.23. The van der Waals surface area contributed by atoms with Crippen LogP contribution in [-0.2, 0) is 16.6 Å². The van der Waals surface area contributed by atoms with Gasteiger partial charge in [-0.15, -0.1) is 0 Å². The maximum atomic E-state index is 12.3. The van der Waals surface area contributed by atoms with Crippen LogP contribution in [0.2, 0.25) is 0 Å². The van der Waals surface area contributed by atoms with E-state index in [2.05, 4.69) is 14.7 Å². The Labute approximate surface area is 112 Å². The molecule has 102 valence electrons. The predicted octanol–water partition coefficient (Wildman–Crippen LogP) is 1.09. The van der Waals surface area contributed by atoms with Gasteiger partial charge in [-0.2, -0.15) is 0 Å². The van der Waals surface area contributed by atoms with Gasteiger partial charge in [0.1, 0.15) is 5.82 Å². The molecule has 0 aliphatic carbocycles. The molecule has 19 heavy (non-hydrogen) atoms. The first-order valence-electron chi connectivity index (χ1n) is 5.75. The van der Waals surface area contributed by atoms with E-state index in [0.29, 0.717) is 22.6 Å². The molecule has 2 rings (SSSR count). The first kappa shape index (κ1) is 13.6. The molecule has 1 aromatic carbocycles. The second kappa shape index (κ2) is 5.02. The highest BCUT2D eigenvalue weighted by Crippen LogP contribution is 2.22. The van der Waals surface area contributed by atoms with Gasteiger partial charge in [0.2, 0.25) is 10.0 Å². The van der Waals surface area contributed by atoms with Crippen LogP contribution in [0.25, 0.3) is 0 Å². The Morgan fingerprint density at radius 1 is 1.32 bits per heavy atom. The Morgan fingerprint density at radius 2 is 1.95 bits per heavy atom. The standard InChI is InChI=1S/C12H16N4O2S/c1-8-5-10(13)6-9(2)12(8)19(17,18)16-7-11-14-3-4-15-11/h3-6,16H,7,13H2,1-2H3,(H,14,15). The van der Waals surface area contributed by atoms with Crippen LogP contribution >= 0.6 is 0 Å². The molecule has 2 aromatic rings. The van der Waals surface area contributed by atoms with Crippen molar-refractivity contribution in [2.45, 2.75) is 25.3 Å². The molecule has 0 unspecified atom stereocenters. The number of nitrogens with one attached hydrogen (secondary N) is 2. The van der Waals surface area contributed by atoms with Crippen molar-refractivity contribution in [2.75, 3.05) is 5.73 Å². The minimum Gasteiger partial charge on any atom is -0.399 e. The zero-order valence-corrected chi connectivity index (χ0v) is 11.6. The van der Waals surface area contributed by atoms with E-state index < -0.39 is 10.0 Å². The number of aromatic nitrogens is 2. The quantitative estimate of drug-likeness (QED) is 0.730. The smallest absolute Gasteiger partial charge is 0.241 e. The zero-order valence-electron chi connectivity index (χ0n) is 10.8. The SMILES string of the molecule is Cc1cc(N)cc(C)c1S(=O)(=O)NCc1ncc[nH]1. The van der Waals surface area contributed by atoms with Crippen LogP contribution in [0.3, 0.4) is 0 Å². The van der Waals surface area contributed by atoms with E-state index in [0.717, 1.165) is 0 Å². The summed E-state index contributed by atoms with van der Waals surface area (Å²) in [6, 6.07) is 3.29.